The van der Waals surface area contributed by atoms with E-state index in [-0.39, 0.29) is 12.0 Å². The summed E-state index contributed by atoms with van der Waals surface area (Å²) in [5.41, 5.74) is 3.11. The second-order valence-electron chi connectivity index (χ2n) is 10.3. The molecule has 0 saturated carbocycles. The highest BCUT2D eigenvalue weighted by atomic mass is 16.6. The van der Waals surface area contributed by atoms with Crippen molar-refractivity contribution in [2.24, 2.45) is 0 Å². The lowest BCUT2D eigenvalue weighted by Gasteiger charge is -2.46. The fraction of sp³-hybridized carbons (Fsp3) is 0.536. The summed E-state index contributed by atoms with van der Waals surface area (Å²) in [6, 6.07) is 10.4. The summed E-state index contributed by atoms with van der Waals surface area (Å²) < 4.78 is 28.5. The van der Waals surface area contributed by atoms with Crippen LogP contribution in [-0.2, 0) is 22.4 Å². The SMILES string of the molecule is COc1ccc(C[C@@H]2c3cc(OC)c(OC)cc3CC[N@@+]2(C)CCC(=O)OC(C)(C)C)cc1OC. The van der Waals surface area contributed by atoms with Crippen molar-refractivity contribution in [2.75, 3.05) is 48.6 Å². The Balaban J connectivity index is 2.00. The molecule has 0 saturated heterocycles. The quantitative estimate of drug-likeness (QED) is 0.377. The van der Waals surface area contributed by atoms with E-state index in [0.717, 1.165) is 35.2 Å². The maximum Gasteiger partial charge on any atom is 0.312 e. The molecule has 7 heteroatoms. The van der Waals surface area contributed by atoms with Crippen LogP contribution in [0, 0.1) is 0 Å². The van der Waals surface area contributed by atoms with Gasteiger partial charge < -0.3 is 28.2 Å². The van der Waals surface area contributed by atoms with Crippen LogP contribution in [0.4, 0.5) is 0 Å². The van der Waals surface area contributed by atoms with E-state index in [2.05, 4.69) is 25.2 Å². The topological polar surface area (TPSA) is 63.2 Å². The third kappa shape index (κ3) is 6.20. The molecule has 0 aliphatic carbocycles. The van der Waals surface area contributed by atoms with Gasteiger partial charge in [0.15, 0.2) is 23.0 Å². The molecule has 192 valence electrons. The third-order valence-electron chi connectivity index (χ3n) is 6.77. The number of esters is 1. The minimum atomic E-state index is -0.493. The van der Waals surface area contributed by atoms with Crippen molar-refractivity contribution in [3.63, 3.8) is 0 Å². The lowest BCUT2D eigenvalue weighted by molar-refractivity contribution is -0.940. The first-order chi connectivity index (χ1) is 16.5. The van der Waals surface area contributed by atoms with E-state index in [1.54, 1.807) is 28.4 Å². The molecule has 7 nitrogen and oxygen atoms in total. The summed E-state index contributed by atoms with van der Waals surface area (Å²) in [5.74, 6) is 2.69. The molecule has 35 heavy (non-hydrogen) atoms. The minimum Gasteiger partial charge on any atom is -0.493 e. The van der Waals surface area contributed by atoms with E-state index in [9.17, 15) is 4.79 Å². The Hall–Kier alpha value is -2.93. The molecule has 2 aromatic carbocycles. The zero-order valence-corrected chi connectivity index (χ0v) is 22.4. The van der Waals surface area contributed by atoms with Crippen LogP contribution in [0.3, 0.4) is 0 Å². The van der Waals surface area contributed by atoms with Crippen molar-refractivity contribution >= 4 is 5.97 Å². The van der Waals surface area contributed by atoms with Crippen LogP contribution in [0.5, 0.6) is 23.0 Å². The van der Waals surface area contributed by atoms with Gasteiger partial charge >= 0.3 is 5.97 Å². The maximum atomic E-state index is 12.6. The van der Waals surface area contributed by atoms with Gasteiger partial charge in [-0.2, -0.15) is 0 Å². The number of methoxy groups -OCH3 is 4. The van der Waals surface area contributed by atoms with Crippen molar-refractivity contribution in [1.82, 2.24) is 0 Å². The van der Waals surface area contributed by atoms with Gasteiger partial charge in [0.2, 0.25) is 0 Å². The number of ether oxygens (including phenoxy) is 5. The largest absolute Gasteiger partial charge is 0.493 e. The fourth-order valence-electron chi connectivity index (χ4n) is 4.90. The maximum absolute atomic E-state index is 12.6. The Morgan fingerprint density at radius 2 is 1.51 bits per heavy atom. The molecule has 0 unspecified atom stereocenters. The summed E-state index contributed by atoms with van der Waals surface area (Å²) in [6.07, 6.45) is 2.02. The van der Waals surface area contributed by atoms with Crippen LogP contribution < -0.4 is 18.9 Å². The Morgan fingerprint density at radius 3 is 2.11 bits per heavy atom. The number of benzene rings is 2. The van der Waals surface area contributed by atoms with Crippen LogP contribution in [0.15, 0.2) is 30.3 Å². The van der Waals surface area contributed by atoms with Crippen molar-refractivity contribution in [3.05, 3.63) is 47.0 Å². The van der Waals surface area contributed by atoms with E-state index >= 15 is 0 Å². The van der Waals surface area contributed by atoms with Crippen LogP contribution in [0.2, 0.25) is 0 Å². The number of hydrogen-bond donors (Lipinski definition) is 0. The summed E-state index contributed by atoms with van der Waals surface area (Å²) in [7, 11) is 8.84. The van der Waals surface area contributed by atoms with Gasteiger partial charge in [0.1, 0.15) is 11.6 Å². The predicted octanol–water partition coefficient (Wildman–Crippen LogP) is 4.74. The first-order valence-corrected chi connectivity index (χ1v) is 12.1. The highest BCUT2D eigenvalue weighted by Crippen LogP contribution is 2.43. The average molecular weight is 487 g/mol. The number of nitrogens with zero attached hydrogens (tertiary/aromatic N) is 1. The van der Waals surface area contributed by atoms with E-state index in [1.165, 1.54) is 11.1 Å². The van der Waals surface area contributed by atoms with Gasteiger partial charge in [-0.25, -0.2) is 0 Å². The number of carbonyl (C=O) groups is 1. The van der Waals surface area contributed by atoms with Gasteiger partial charge in [0.05, 0.1) is 55.0 Å². The summed E-state index contributed by atoms with van der Waals surface area (Å²) in [5, 5.41) is 0. The number of carbonyl (C=O) groups excluding carboxylic acids is 1. The molecule has 0 radical (unpaired) electrons. The minimum absolute atomic E-state index is 0.110. The number of fused-ring (bicyclic) bond motifs is 1. The smallest absolute Gasteiger partial charge is 0.312 e. The second kappa shape index (κ2) is 10.8. The molecule has 0 bridgehead atoms. The second-order valence-corrected chi connectivity index (χ2v) is 10.3. The molecule has 1 aliphatic heterocycles. The zero-order chi connectivity index (χ0) is 25.8. The number of likely N-dealkylation sites (N-methyl/N-ethyl adjacent to an activating group) is 1. The standard InChI is InChI=1S/C28H40NO6/c1-28(2,3)35-27(30)12-14-29(4)13-11-20-17-25(33-7)26(34-8)18-21(20)22(29)15-19-9-10-23(31-5)24(16-19)32-6/h9-10,16-18,22H,11-15H2,1-8H3/q+1/t22-,29+/m1/s1. The monoisotopic (exact) mass is 486 g/mol. The van der Waals surface area contributed by atoms with Gasteiger partial charge in [-0.3, -0.25) is 4.79 Å². The molecular formula is C28H40NO6+. The summed E-state index contributed by atoms with van der Waals surface area (Å²) >= 11 is 0. The molecule has 0 spiro atoms. The lowest BCUT2D eigenvalue weighted by atomic mass is 9.86. The van der Waals surface area contributed by atoms with E-state index in [1.807, 2.05) is 32.9 Å². The van der Waals surface area contributed by atoms with Crippen molar-refractivity contribution in [2.45, 2.75) is 51.7 Å². The summed E-state index contributed by atoms with van der Waals surface area (Å²) in [6.45, 7) is 7.29. The molecule has 0 aromatic heterocycles. The predicted molar refractivity (Wildman–Crippen MR) is 136 cm³/mol. The molecule has 0 N–H and O–H groups in total. The van der Waals surface area contributed by atoms with E-state index < -0.39 is 5.60 Å². The van der Waals surface area contributed by atoms with E-state index in [0.29, 0.717) is 30.2 Å². The van der Waals surface area contributed by atoms with Crippen LogP contribution in [0.25, 0.3) is 0 Å². The Labute approximate surface area is 209 Å². The highest BCUT2D eigenvalue weighted by Gasteiger charge is 2.40. The first kappa shape index (κ1) is 26.7. The molecule has 1 aliphatic rings. The molecule has 1 heterocycles. The van der Waals surface area contributed by atoms with Crippen LogP contribution in [-0.4, -0.2) is 64.6 Å². The highest BCUT2D eigenvalue weighted by molar-refractivity contribution is 5.69. The number of rotatable bonds is 9. The molecule has 0 amide bonds. The Morgan fingerprint density at radius 1 is 0.914 bits per heavy atom. The van der Waals surface area contributed by atoms with Gasteiger partial charge in [0, 0.05) is 18.4 Å². The van der Waals surface area contributed by atoms with Crippen LogP contribution in [0.1, 0.15) is 49.9 Å². The zero-order valence-electron chi connectivity index (χ0n) is 22.4. The molecule has 2 aromatic rings. The third-order valence-corrected chi connectivity index (χ3v) is 6.77. The van der Waals surface area contributed by atoms with Crippen LogP contribution >= 0.6 is 0 Å². The van der Waals surface area contributed by atoms with Gasteiger partial charge in [-0.05, 0) is 56.2 Å². The Bertz CT molecular complexity index is 1040. The number of quaternary nitrogens is 1. The van der Waals surface area contributed by atoms with Crippen molar-refractivity contribution in [3.8, 4) is 23.0 Å². The normalized spacial score (nSPS) is 19.5. The molecule has 0 fully saturated rings. The van der Waals surface area contributed by atoms with Crippen molar-refractivity contribution in [1.29, 1.82) is 0 Å². The van der Waals surface area contributed by atoms with E-state index in [4.69, 9.17) is 23.7 Å². The molecule has 2 atom stereocenters. The lowest BCUT2D eigenvalue weighted by Crippen LogP contribution is -2.53. The average Bonchev–Trinajstić information content (AvgIpc) is 2.82. The first-order valence-electron chi connectivity index (χ1n) is 12.1. The fourth-order valence-corrected chi connectivity index (χ4v) is 4.90. The van der Waals surface area contributed by atoms with Gasteiger partial charge in [-0.1, -0.05) is 6.07 Å². The van der Waals surface area contributed by atoms with Gasteiger partial charge in [0.25, 0.3) is 0 Å². The van der Waals surface area contributed by atoms with Gasteiger partial charge in [-0.15, -0.1) is 0 Å². The Kier molecular flexibility index (Phi) is 8.21. The molecular weight excluding hydrogens is 446 g/mol. The summed E-state index contributed by atoms with van der Waals surface area (Å²) in [4.78, 5) is 12.6. The number of hydrogen-bond acceptors (Lipinski definition) is 6. The molecule has 3 rings (SSSR count). The van der Waals surface area contributed by atoms with Crippen molar-refractivity contribution < 1.29 is 33.0 Å².